The van der Waals surface area contributed by atoms with Gasteiger partial charge in [-0.1, -0.05) is 12.1 Å². The number of carbonyl (C=O) groups is 1. The average Bonchev–Trinajstić information content (AvgIpc) is 2.79. The minimum atomic E-state index is -4.70. The Bertz CT molecular complexity index is 1290. The number of halogens is 3. The molecule has 1 saturated heterocycles. The van der Waals surface area contributed by atoms with Crippen LogP contribution in [0.15, 0.2) is 41.5 Å². The molecule has 3 aromatic rings. The molecule has 0 bridgehead atoms. The van der Waals surface area contributed by atoms with Gasteiger partial charge in [0.25, 0.3) is 5.56 Å². The summed E-state index contributed by atoms with van der Waals surface area (Å²) >= 11 is 0. The van der Waals surface area contributed by atoms with Gasteiger partial charge < -0.3 is 9.64 Å². The SMILES string of the molecule is CC(C)(C)OC(=O)N1CCC(c2nc3ccccc3n(Cc3nccnc3C(F)(F)F)c2=O)CC1. The lowest BCUT2D eigenvalue weighted by atomic mass is 9.93. The summed E-state index contributed by atoms with van der Waals surface area (Å²) in [6.07, 6.45) is -2.00. The number of fused-ring (bicyclic) bond motifs is 1. The summed E-state index contributed by atoms with van der Waals surface area (Å²) < 4.78 is 47.2. The summed E-state index contributed by atoms with van der Waals surface area (Å²) in [6, 6.07) is 6.80. The number of amides is 1. The van der Waals surface area contributed by atoms with Gasteiger partial charge in [0.15, 0.2) is 5.69 Å². The van der Waals surface area contributed by atoms with Crippen molar-refractivity contribution in [3.63, 3.8) is 0 Å². The van der Waals surface area contributed by atoms with Gasteiger partial charge in [0.2, 0.25) is 0 Å². The van der Waals surface area contributed by atoms with Crippen LogP contribution in [0.25, 0.3) is 11.0 Å². The van der Waals surface area contributed by atoms with Crippen molar-refractivity contribution >= 4 is 17.1 Å². The van der Waals surface area contributed by atoms with Gasteiger partial charge in [-0.25, -0.2) is 14.8 Å². The fourth-order valence-electron chi connectivity index (χ4n) is 4.17. The van der Waals surface area contributed by atoms with Crippen LogP contribution in [0, 0.1) is 0 Å². The molecule has 8 nitrogen and oxygen atoms in total. The molecule has 0 spiro atoms. The van der Waals surface area contributed by atoms with Crippen molar-refractivity contribution < 1.29 is 22.7 Å². The third-order valence-corrected chi connectivity index (χ3v) is 5.76. The second-order valence-corrected chi connectivity index (χ2v) is 9.47. The first-order valence-corrected chi connectivity index (χ1v) is 11.3. The molecule has 35 heavy (non-hydrogen) atoms. The number of hydrogen-bond acceptors (Lipinski definition) is 6. The maximum absolute atomic E-state index is 13.5. The van der Waals surface area contributed by atoms with E-state index >= 15 is 0 Å². The number of alkyl halides is 3. The lowest BCUT2D eigenvalue weighted by Gasteiger charge is -2.33. The number of rotatable bonds is 3. The molecule has 4 rings (SSSR count). The smallest absolute Gasteiger partial charge is 0.435 e. The van der Waals surface area contributed by atoms with E-state index < -0.39 is 35.7 Å². The molecule has 0 saturated carbocycles. The molecule has 1 amide bonds. The van der Waals surface area contributed by atoms with Crippen LogP contribution in [0.4, 0.5) is 18.0 Å². The molecule has 0 unspecified atom stereocenters. The normalized spacial score (nSPS) is 15.4. The maximum Gasteiger partial charge on any atom is 0.435 e. The first kappa shape index (κ1) is 24.6. The summed E-state index contributed by atoms with van der Waals surface area (Å²) in [7, 11) is 0. The predicted molar refractivity (Wildman–Crippen MR) is 122 cm³/mol. The van der Waals surface area contributed by atoms with Crippen LogP contribution < -0.4 is 5.56 Å². The Hall–Kier alpha value is -3.50. The molecular weight excluding hydrogens is 463 g/mol. The van der Waals surface area contributed by atoms with Crippen molar-refractivity contribution in [3.8, 4) is 0 Å². The highest BCUT2D eigenvalue weighted by Crippen LogP contribution is 2.30. The highest BCUT2D eigenvalue weighted by atomic mass is 19.4. The molecular formula is C24H26F3N5O3. The molecule has 1 aliphatic heterocycles. The van der Waals surface area contributed by atoms with E-state index in [1.165, 1.54) is 10.8 Å². The van der Waals surface area contributed by atoms with Crippen molar-refractivity contribution in [1.82, 2.24) is 24.4 Å². The van der Waals surface area contributed by atoms with Gasteiger partial charge in [0.1, 0.15) is 11.3 Å². The third-order valence-electron chi connectivity index (χ3n) is 5.76. The zero-order chi connectivity index (χ0) is 25.4. The molecule has 0 atom stereocenters. The van der Waals surface area contributed by atoms with E-state index in [4.69, 9.17) is 4.74 Å². The molecule has 2 aromatic heterocycles. The topological polar surface area (TPSA) is 90.2 Å². The second-order valence-electron chi connectivity index (χ2n) is 9.47. The van der Waals surface area contributed by atoms with Crippen LogP contribution in [-0.4, -0.2) is 49.2 Å². The van der Waals surface area contributed by atoms with Crippen molar-refractivity contribution in [3.05, 3.63) is 64.1 Å². The van der Waals surface area contributed by atoms with E-state index in [0.717, 1.165) is 6.20 Å². The minimum absolute atomic E-state index is 0.249. The number of aromatic nitrogens is 4. The van der Waals surface area contributed by atoms with E-state index in [9.17, 15) is 22.8 Å². The van der Waals surface area contributed by atoms with Crippen LogP contribution in [0.3, 0.4) is 0 Å². The molecule has 0 radical (unpaired) electrons. The molecule has 11 heteroatoms. The van der Waals surface area contributed by atoms with Crippen molar-refractivity contribution in [2.45, 2.75) is 57.9 Å². The van der Waals surface area contributed by atoms with E-state index in [0.29, 0.717) is 37.0 Å². The maximum atomic E-state index is 13.5. The zero-order valence-corrected chi connectivity index (χ0v) is 19.7. The van der Waals surface area contributed by atoms with Gasteiger partial charge in [0.05, 0.1) is 23.3 Å². The van der Waals surface area contributed by atoms with Crippen LogP contribution in [-0.2, 0) is 17.5 Å². The largest absolute Gasteiger partial charge is 0.444 e. The number of para-hydroxylation sites is 2. The predicted octanol–water partition coefficient (Wildman–Crippen LogP) is 4.37. The summed E-state index contributed by atoms with van der Waals surface area (Å²) in [5.74, 6) is -0.249. The lowest BCUT2D eigenvalue weighted by Crippen LogP contribution is -2.42. The van der Waals surface area contributed by atoms with Crippen molar-refractivity contribution in [2.24, 2.45) is 0 Å². The Balaban J connectivity index is 1.67. The van der Waals surface area contributed by atoms with Gasteiger partial charge >= 0.3 is 12.3 Å². The van der Waals surface area contributed by atoms with Crippen LogP contribution in [0.2, 0.25) is 0 Å². The number of benzene rings is 1. The van der Waals surface area contributed by atoms with Gasteiger partial charge in [-0.05, 0) is 45.7 Å². The number of piperidine rings is 1. The Morgan fingerprint density at radius 1 is 1.09 bits per heavy atom. The fraction of sp³-hybridized carbons (Fsp3) is 0.458. The molecule has 0 N–H and O–H groups in total. The molecule has 1 aromatic carbocycles. The Morgan fingerprint density at radius 3 is 2.40 bits per heavy atom. The van der Waals surface area contributed by atoms with Crippen molar-refractivity contribution in [1.29, 1.82) is 0 Å². The second kappa shape index (κ2) is 9.27. The van der Waals surface area contributed by atoms with Crippen LogP contribution >= 0.6 is 0 Å². The quantitative estimate of drug-likeness (QED) is 0.543. The first-order chi connectivity index (χ1) is 16.4. The van der Waals surface area contributed by atoms with Gasteiger partial charge in [-0.2, -0.15) is 13.2 Å². The summed E-state index contributed by atoms with van der Waals surface area (Å²) in [4.78, 5) is 39.4. The Morgan fingerprint density at radius 2 is 1.74 bits per heavy atom. The molecule has 186 valence electrons. The molecule has 1 fully saturated rings. The van der Waals surface area contributed by atoms with E-state index in [1.807, 2.05) is 0 Å². The molecule has 3 heterocycles. The minimum Gasteiger partial charge on any atom is -0.444 e. The van der Waals surface area contributed by atoms with E-state index in [1.54, 1.807) is 49.9 Å². The number of nitrogens with zero attached hydrogens (tertiary/aromatic N) is 5. The van der Waals surface area contributed by atoms with Crippen molar-refractivity contribution in [2.75, 3.05) is 13.1 Å². The average molecular weight is 489 g/mol. The number of carbonyl (C=O) groups excluding carboxylic acids is 1. The van der Waals surface area contributed by atoms with Gasteiger partial charge in [-0.15, -0.1) is 0 Å². The molecule has 1 aliphatic rings. The summed E-state index contributed by atoms with van der Waals surface area (Å²) in [5, 5.41) is 0. The highest BCUT2D eigenvalue weighted by molar-refractivity contribution is 5.75. The zero-order valence-electron chi connectivity index (χ0n) is 19.7. The third kappa shape index (κ3) is 5.44. The Kier molecular flexibility index (Phi) is 6.52. The van der Waals surface area contributed by atoms with Gasteiger partial charge in [0, 0.05) is 31.4 Å². The van der Waals surface area contributed by atoms with E-state index in [2.05, 4.69) is 15.0 Å². The number of hydrogen-bond donors (Lipinski definition) is 0. The molecule has 0 aliphatic carbocycles. The van der Waals surface area contributed by atoms with Crippen LogP contribution in [0.1, 0.15) is 56.6 Å². The summed E-state index contributed by atoms with van der Waals surface area (Å²) in [6.45, 7) is 5.75. The van der Waals surface area contributed by atoms with Gasteiger partial charge in [-0.3, -0.25) is 14.3 Å². The Labute approximate surface area is 199 Å². The van der Waals surface area contributed by atoms with Crippen LogP contribution in [0.5, 0.6) is 0 Å². The monoisotopic (exact) mass is 489 g/mol. The standard InChI is InChI=1S/C24H26F3N5O3/c1-23(2,3)35-22(34)31-12-8-15(9-13-31)19-21(33)32(18-7-5-4-6-16(18)30-19)14-17-20(24(25,26)27)29-11-10-28-17/h4-7,10-11,15H,8-9,12-14H2,1-3H3. The lowest BCUT2D eigenvalue weighted by molar-refractivity contribution is -0.142. The number of ether oxygens (including phenoxy) is 1. The highest BCUT2D eigenvalue weighted by Gasteiger charge is 2.36. The number of likely N-dealkylation sites (tertiary alicyclic amines) is 1. The first-order valence-electron chi connectivity index (χ1n) is 11.3. The summed E-state index contributed by atoms with van der Waals surface area (Å²) in [5.41, 5.74) is -1.38. The van der Waals surface area contributed by atoms with E-state index in [-0.39, 0.29) is 17.3 Å². The fourth-order valence-corrected chi connectivity index (χ4v) is 4.17.